The van der Waals surface area contributed by atoms with Crippen molar-refractivity contribution < 1.29 is 4.74 Å². The van der Waals surface area contributed by atoms with E-state index in [1.54, 1.807) is 27.9 Å². The van der Waals surface area contributed by atoms with Crippen LogP contribution in [0.25, 0.3) is 0 Å². The van der Waals surface area contributed by atoms with Crippen molar-refractivity contribution in [1.29, 1.82) is 0 Å². The normalized spacial score (nSPS) is 37.4. The molecule has 58 heavy (non-hydrogen) atoms. The summed E-state index contributed by atoms with van der Waals surface area (Å²) in [6.45, 7) is 2.60. The largest absolute Gasteiger partial charge is 0.489 e. The third-order valence-corrected chi connectivity index (χ3v) is 16.7. The van der Waals surface area contributed by atoms with E-state index < -0.39 is 0 Å². The molecule has 10 aliphatic rings. The summed E-state index contributed by atoms with van der Waals surface area (Å²) >= 11 is 0. The molecule has 0 bridgehead atoms. The van der Waals surface area contributed by atoms with Gasteiger partial charge in [-0.1, -0.05) is 115 Å². The fourth-order valence-corrected chi connectivity index (χ4v) is 14.2. The summed E-state index contributed by atoms with van der Waals surface area (Å²) in [5.74, 6) is 3.12. The molecule has 1 fully saturated rings. The van der Waals surface area contributed by atoms with Gasteiger partial charge in [0.2, 0.25) is 0 Å². The molecule has 300 valence electrons. The van der Waals surface area contributed by atoms with Crippen molar-refractivity contribution in [3.63, 3.8) is 0 Å². The third kappa shape index (κ3) is 6.00. The van der Waals surface area contributed by atoms with Gasteiger partial charge in [-0.05, 0) is 168 Å². The van der Waals surface area contributed by atoms with Crippen LogP contribution in [0.1, 0.15) is 134 Å². The number of benzene rings is 1. The molecular weight excluding hydrogens is 703 g/mol. The molecule has 9 atom stereocenters. The van der Waals surface area contributed by atoms with Gasteiger partial charge in [0.15, 0.2) is 0 Å². The Balaban J connectivity index is 0.954. The van der Waals surface area contributed by atoms with Gasteiger partial charge in [0.1, 0.15) is 11.9 Å². The lowest BCUT2D eigenvalue weighted by Crippen LogP contribution is -2.48. The molecule has 0 radical (unpaired) electrons. The number of fused-ring (bicyclic) bond motifs is 5. The molecule has 1 heterocycles. The first-order chi connectivity index (χ1) is 28.6. The van der Waals surface area contributed by atoms with Crippen molar-refractivity contribution in [2.24, 2.45) is 28.6 Å². The van der Waals surface area contributed by atoms with E-state index in [1.807, 2.05) is 0 Å². The van der Waals surface area contributed by atoms with E-state index in [-0.39, 0.29) is 16.9 Å². The van der Waals surface area contributed by atoms with Gasteiger partial charge in [-0.25, -0.2) is 0 Å². The SMILES string of the molecule is CC12C=CCCC1C(C1=CC=CC(N(c3ccc(C4CC=CC5C6=CCCC=C6OC54)cc3)C3CC=C(C4=CCCCC4)CC3)C1)(C1C=CCCC1)C1=C2C=CCC1. The summed E-state index contributed by atoms with van der Waals surface area (Å²) in [7, 11) is 0. The standard InChI is InChI=1S/C56H65NO/c1-55-37-13-12-28-53(55)56(42-18-6-3-7-19-42,51-26-10-9-25-50(51)55)43-20-14-21-46(38-43)57(44-33-29-40(30-34-44)39-16-4-2-5-17-39)45-35-31-41(32-36-45)47-23-15-24-49-48-22-8-11-27-52(48)58-54(47)49/h6,9,13-16,18,20-22,24-25,27,29,31-32,35-37,42,44,46-47,49,53-54H,2-5,7-8,10-12,17,19,23,26,28,30,33-34,38H2,1H3. The molecular formula is C56H65NO. The molecule has 1 aromatic carbocycles. The van der Waals surface area contributed by atoms with Crippen LogP contribution in [0.15, 0.2) is 155 Å². The molecule has 2 nitrogen and oxygen atoms in total. The van der Waals surface area contributed by atoms with E-state index in [4.69, 9.17) is 4.74 Å². The van der Waals surface area contributed by atoms with Crippen LogP contribution in [-0.4, -0.2) is 18.2 Å². The average molecular weight is 768 g/mol. The summed E-state index contributed by atoms with van der Waals surface area (Å²) in [6.07, 6.45) is 60.2. The number of anilines is 1. The minimum absolute atomic E-state index is 0.0938. The lowest BCUT2D eigenvalue weighted by Gasteiger charge is -2.52. The topological polar surface area (TPSA) is 12.5 Å². The minimum Gasteiger partial charge on any atom is -0.489 e. The van der Waals surface area contributed by atoms with Crippen molar-refractivity contribution >= 4 is 5.69 Å². The quantitative estimate of drug-likeness (QED) is 0.256. The average Bonchev–Trinajstić information content (AvgIpc) is 3.79. The third-order valence-electron chi connectivity index (χ3n) is 16.7. The van der Waals surface area contributed by atoms with Gasteiger partial charge in [-0.3, -0.25) is 0 Å². The molecule has 11 rings (SSSR count). The highest BCUT2D eigenvalue weighted by Gasteiger charge is 2.62. The maximum Gasteiger partial charge on any atom is 0.119 e. The first-order valence-corrected chi connectivity index (χ1v) is 23.8. The first-order valence-electron chi connectivity index (χ1n) is 23.8. The second kappa shape index (κ2) is 15.2. The fourth-order valence-electron chi connectivity index (χ4n) is 14.2. The predicted molar refractivity (Wildman–Crippen MR) is 241 cm³/mol. The van der Waals surface area contributed by atoms with Gasteiger partial charge in [0.05, 0.1) is 6.04 Å². The maximum absolute atomic E-state index is 6.75. The van der Waals surface area contributed by atoms with Crippen LogP contribution in [0, 0.1) is 28.6 Å². The van der Waals surface area contributed by atoms with Gasteiger partial charge >= 0.3 is 0 Å². The molecule has 0 spiro atoms. The molecule has 1 aromatic rings. The summed E-state index contributed by atoms with van der Waals surface area (Å²) in [5, 5.41) is 0. The number of hydrogen-bond donors (Lipinski definition) is 0. The molecule has 1 saturated heterocycles. The molecule has 0 N–H and O–H groups in total. The van der Waals surface area contributed by atoms with Gasteiger partial charge in [-0.15, -0.1) is 0 Å². The highest BCUT2D eigenvalue weighted by molar-refractivity contribution is 5.58. The predicted octanol–water partition coefficient (Wildman–Crippen LogP) is 14.4. The van der Waals surface area contributed by atoms with Crippen LogP contribution in [0.3, 0.4) is 0 Å². The van der Waals surface area contributed by atoms with Crippen molar-refractivity contribution in [2.45, 2.75) is 147 Å². The minimum atomic E-state index is 0.0938. The highest BCUT2D eigenvalue weighted by Crippen LogP contribution is 2.70. The van der Waals surface area contributed by atoms with Crippen LogP contribution in [0.4, 0.5) is 5.69 Å². The van der Waals surface area contributed by atoms with Crippen LogP contribution in [0.2, 0.25) is 0 Å². The fraction of sp³-hybridized carbons (Fsp3) is 0.500. The summed E-state index contributed by atoms with van der Waals surface area (Å²) in [5.41, 5.74) is 13.0. The van der Waals surface area contributed by atoms with E-state index >= 15 is 0 Å². The summed E-state index contributed by atoms with van der Waals surface area (Å²) < 4.78 is 6.75. The van der Waals surface area contributed by atoms with Crippen molar-refractivity contribution in [3.05, 3.63) is 160 Å². The van der Waals surface area contributed by atoms with E-state index in [0.29, 0.717) is 35.8 Å². The lowest BCUT2D eigenvalue weighted by molar-refractivity contribution is 0.110. The molecule has 0 amide bonds. The Morgan fingerprint density at radius 2 is 1.64 bits per heavy atom. The van der Waals surface area contributed by atoms with Crippen molar-refractivity contribution in [2.75, 3.05) is 4.90 Å². The molecule has 0 saturated carbocycles. The number of hydrogen-bond acceptors (Lipinski definition) is 2. The number of nitrogens with zero attached hydrogens (tertiary/aromatic N) is 1. The maximum atomic E-state index is 6.75. The number of rotatable bonds is 7. The molecule has 9 aliphatic carbocycles. The zero-order chi connectivity index (χ0) is 38.7. The van der Waals surface area contributed by atoms with Crippen LogP contribution in [0.5, 0.6) is 0 Å². The molecule has 0 aromatic heterocycles. The van der Waals surface area contributed by atoms with E-state index in [1.165, 1.54) is 100 Å². The Kier molecular flexibility index (Phi) is 9.70. The summed E-state index contributed by atoms with van der Waals surface area (Å²) in [4.78, 5) is 2.91. The van der Waals surface area contributed by atoms with Crippen LogP contribution < -0.4 is 4.90 Å². The smallest absolute Gasteiger partial charge is 0.119 e. The van der Waals surface area contributed by atoms with E-state index in [9.17, 15) is 0 Å². The van der Waals surface area contributed by atoms with Gasteiger partial charge in [0.25, 0.3) is 0 Å². The van der Waals surface area contributed by atoms with Crippen LogP contribution >= 0.6 is 0 Å². The Hall–Kier alpha value is -4.04. The zero-order valence-electron chi connectivity index (χ0n) is 35.1. The molecule has 2 heteroatoms. The summed E-state index contributed by atoms with van der Waals surface area (Å²) in [6, 6.07) is 10.8. The number of allylic oxidation sites excluding steroid dienone is 17. The molecule has 9 unspecified atom stereocenters. The van der Waals surface area contributed by atoms with Gasteiger partial charge in [0, 0.05) is 40.0 Å². The Morgan fingerprint density at radius 1 is 0.724 bits per heavy atom. The van der Waals surface area contributed by atoms with E-state index in [0.717, 1.165) is 37.9 Å². The monoisotopic (exact) mass is 768 g/mol. The van der Waals surface area contributed by atoms with E-state index in [2.05, 4.69) is 127 Å². The Bertz CT molecular complexity index is 2140. The Morgan fingerprint density at radius 3 is 2.48 bits per heavy atom. The highest BCUT2D eigenvalue weighted by atomic mass is 16.5. The first kappa shape index (κ1) is 37.0. The number of ether oxygens (including phenoxy) is 1. The second-order valence-corrected chi connectivity index (χ2v) is 19.6. The Labute approximate surface area is 349 Å². The van der Waals surface area contributed by atoms with Crippen molar-refractivity contribution in [3.8, 4) is 0 Å². The lowest BCUT2D eigenvalue weighted by atomic mass is 9.52. The van der Waals surface area contributed by atoms with Crippen LogP contribution in [-0.2, 0) is 4.74 Å². The zero-order valence-corrected chi connectivity index (χ0v) is 35.1. The van der Waals surface area contributed by atoms with Gasteiger partial charge in [-0.2, -0.15) is 0 Å². The molecule has 1 aliphatic heterocycles. The van der Waals surface area contributed by atoms with Gasteiger partial charge < -0.3 is 9.64 Å². The second-order valence-electron chi connectivity index (χ2n) is 19.6. The van der Waals surface area contributed by atoms with Crippen molar-refractivity contribution in [1.82, 2.24) is 0 Å².